The van der Waals surface area contributed by atoms with Gasteiger partial charge in [-0.15, -0.1) is 0 Å². The fourth-order valence-electron chi connectivity index (χ4n) is 6.37. The number of aliphatic hydroxyl groups is 1. The topological polar surface area (TPSA) is 124 Å². The fourth-order valence-corrected chi connectivity index (χ4v) is 7.99. The number of carbonyl (C=O) groups excluding carboxylic acids is 1. The molecule has 7 atom stereocenters. The molecule has 2 heterocycles. The lowest BCUT2D eigenvalue weighted by Crippen LogP contribution is -2.52. The third-order valence-electron chi connectivity index (χ3n) is 8.77. The number of rotatable bonds is 12. The van der Waals surface area contributed by atoms with Gasteiger partial charge in [0.05, 0.1) is 36.9 Å². The molecule has 2 saturated heterocycles. The quantitative estimate of drug-likeness (QED) is 0.378. The lowest BCUT2D eigenvalue weighted by Gasteiger charge is -2.36. The minimum atomic E-state index is -3.95. The summed E-state index contributed by atoms with van der Waals surface area (Å²) in [6.45, 7) is 6.56. The Hall–Kier alpha value is -2.70. The van der Waals surface area contributed by atoms with Gasteiger partial charge in [-0.3, -0.25) is 0 Å². The molecule has 2 aromatic rings. The number of alkyl carbamates (subject to hydrolysis) is 1. The van der Waals surface area contributed by atoms with Crippen LogP contribution in [0.2, 0.25) is 0 Å². The van der Waals surface area contributed by atoms with Crippen molar-refractivity contribution in [3.63, 3.8) is 0 Å². The van der Waals surface area contributed by atoms with Crippen LogP contribution in [0.5, 0.6) is 5.75 Å². The first-order chi connectivity index (χ1) is 20.0. The van der Waals surface area contributed by atoms with Crippen molar-refractivity contribution >= 4 is 16.1 Å². The number of fused-ring (bicyclic) bond motifs is 1. The smallest absolute Gasteiger partial charge is 0.407 e. The lowest BCUT2D eigenvalue weighted by atomic mass is 9.69. The second kappa shape index (κ2) is 12.5. The maximum absolute atomic E-state index is 13.7. The summed E-state index contributed by atoms with van der Waals surface area (Å²) in [5.41, 5.74) is 0.833. The lowest BCUT2D eigenvalue weighted by molar-refractivity contribution is -0.151. The average molecular weight is 603 g/mol. The van der Waals surface area contributed by atoms with Gasteiger partial charge in [0.25, 0.3) is 0 Å². The van der Waals surface area contributed by atoms with E-state index in [4.69, 9.17) is 18.9 Å². The zero-order valence-electron chi connectivity index (χ0n) is 24.6. The van der Waals surface area contributed by atoms with E-state index in [1.807, 2.05) is 44.2 Å². The van der Waals surface area contributed by atoms with Crippen molar-refractivity contribution in [2.75, 3.05) is 26.8 Å². The van der Waals surface area contributed by atoms with Crippen LogP contribution < -0.4 is 10.1 Å². The zero-order chi connectivity index (χ0) is 30.1. The largest absolute Gasteiger partial charge is 0.497 e. The van der Waals surface area contributed by atoms with E-state index >= 15 is 0 Å². The number of benzene rings is 2. The Labute approximate surface area is 248 Å². The van der Waals surface area contributed by atoms with Crippen LogP contribution in [0.3, 0.4) is 0 Å². The predicted molar refractivity (Wildman–Crippen MR) is 155 cm³/mol. The van der Waals surface area contributed by atoms with E-state index in [0.717, 1.165) is 12.0 Å². The molecule has 5 rings (SSSR count). The van der Waals surface area contributed by atoms with E-state index in [-0.39, 0.29) is 54.1 Å². The van der Waals surface area contributed by atoms with Crippen LogP contribution in [0.1, 0.15) is 39.2 Å². The standard InChI is InChI=1S/C31H42N2O8S/c1-20(2)17-33(42(36,37)24-12-10-23(38-4)11-13-24)18-26(34)25(14-21-8-6-5-7-9-21)32-30(35)41-27-15-22-19-39-29-31(22,3)16-28(27)40-29/h5-13,20,22,25-29,34H,14-19H2,1-4H3,(H,32,35)/t22-,25-,26+,27-,28?,29-,31?/m0/s1. The Kier molecular flexibility index (Phi) is 9.15. The monoisotopic (exact) mass is 602 g/mol. The van der Waals surface area contributed by atoms with Crippen molar-refractivity contribution in [1.82, 2.24) is 9.62 Å². The normalized spacial score (nSPS) is 28.1. The molecule has 11 heteroatoms. The van der Waals surface area contributed by atoms with Gasteiger partial charge in [0.1, 0.15) is 11.9 Å². The molecule has 0 radical (unpaired) electrons. The van der Waals surface area contributed by atoms with Crippen LogP contribution in [0.15, 0.2) is 59.5 Å². The first-order valence-corrected chi connectivity index (χ1v) is 16.0. The summed E-state index contributed by atoms with van der Waals surface area (Å²) < 4.78 is 51.5. The number of nitrogens with one attached hydrogen (secondary N) is 1. The summed E-state index contributed by atoms with van der Waals surface area (Å²) in [5.74, 6) is 0.789. The van der Waals surface area contributed by atoms with Crippen LogP contribution in [0.4, 0.5) is 4.79 Å². The number of aliphatic hydroxyl groups excluding tert-OH is 1. The van der Waals surface area contributed by atoms with Crippen LogP contribution in [-0.2, 0) is 30.7 Å². The molecule has 2 N–H and O–H groups in total. The van der Waals surface area contributed by atoms with E-state index in [2.05, 4.69) is 12.2 Å². The first-order valence-electron chi connectivity index (χ1n) is 14.6. The van der Waals surface area contributed by atoms with Crippen LogP contribution >= 0.6 is 0 Å². The molecule has 230 valence electrons. The predicted octanol–water partition coefficient (Wildman–Crippen LogP) is 3.58. The molecule has 3 aliphatic rings. The Morgan fingerprint density at radius 1 is 1.14 bits per heavy atom. The minimum absolute atomic E-state index is 0.00145. The highest BCUT2D eigenvalue weighted by molar-refractivity contribution is 7.89. The minimum Gasteiger partial charge on any atom is -0.497 e. The number of ether oxygens (including phenoxy) is 4. The number of methoxy groups -OCH3 is 1. The molecule has 2 aromatic carbocycles. The molecule has 10 nitrogen and oxygen atoms in total. The van der Waals surface area contributed by atoms with Crippen molar-refractivity contribution in [3.05, 3.63) is 60.2 Å². The Morgan fingerprint density at radius 2 is 1.86 bits per heavy atom. The summed E-state index contributed by atoms with van der Waals surface area (Å²) in [5, 5.41) is 14.3. The van der Waals surface area contributed by atoms with Crippen LogP contribution in [0.25, 0.3) is 0 Å². The fraction of sp³-hybridized carbons (Fsp3) is 0.581. The molecule has 1 saturated carbocycles. The van der Waals surface area contributed by atoms with Gasteiger partial charge in [-0.2, -0.15) is 4.31 Å². The van der Waals surface area contributed by atoms with Gasteiger partial charge in [-0.1, -0.05) is 51.1 Å². The van der Waals surface area contributed by atoms with Crippen molar-refractivity contribution < 1.29 is 37.3 Å². The maximum atomic E-state index is 13.7. The molecule has 2 unspecified atom stereocenters. The second-order valence-electron chi connectivity index (χ2n) is 12.3. The number of nitrogens with zero attached hydrogens (tertiary/aromatic N) is 1. The summed E-state index contributed by atoms with van der Waals surface area (Å²) in [6.07, 6.45) is -1.10. The number of sulfonamides is 1. The maximum Gasteiger partial charge on any atom is 0.407 e. The van der Waals surface area contributed by atoms with Gasteiger partial charge >= 0.3 is 6.09 Å². The summed E-state index contributed by atoms with van der Waals surface area (Å²) in [7, 11) is -2.43. The Morgan fingerprint density at radius 3 is 2.52 bits per heavy atom. The zero-order valence-corrected chi connectivity index (χ0v) is 25.5. The Bertz CT molecular complexity index is 1320. The molecule has 42 heavy (non-hydrogen) atoms. The van der Waals surface area contributed by atoms with E-state index < -0.39 is 34.4 Å². The van der Waals surface area contributed by atoms with Crippen molar-refractivity contribution in [1.29, 1.82) is 0 Å². The van der Waals surface area contributed by atoms with E-state index in [9.17, 15) is 18.3 Å². The second-order valence-corrected chi connectivity index (χ2v) is 14.3. The van der Waals surface area contributed by atoms with E-state index in [1.165, 1.54) is 23.5 Å². The average Bonchev–Trinajstić information content (AvgIpc) is 3.43. The molecular weight excluding hydrogens is 560 g/mol. The third kappa shape index (κ3) is 6.45. The van der Waals surface area contributed by atoms with E-state index in [1.54, 1.807) is 12.1 Å². The van der Waals surface area contributed by atoms with Gasteiger partial charge in [0.15, 0.2) is 6.29 Å². The van der Waals surface area contributed by atoms with E-state index in [0.29, 0.717) is 18.8 Å². The molecule has 0 spiro atoms. The number of hydrogen-bond donors (Lipinski definition) is 2. The summed E-state index contributed by atoms with van der Waals surface area (Å²) >= 11 is 0. The van der Waals surface area contributed by atoms with Gasteiger partial charge < -0.3 is 29.4 Å². The molecule has 1 amide bonds. The van der Waals surface area contributed by atoms with Gasteiger partial charge in [0.2, 0.25) is 10.0 Å². The molecular formula is C31H42N2O8S. The van der Waals surface area contributed by atoms with Gasteiger partial charge in [-0.25, -0.2) is 13.2 Å². The Balaban J connectivity index is 1.31. The van der Waals surface area contributed by atoms with Crippen molar-refractivity contribution in [3.8, 4) is 5.75 Å². The van der Waals surface area contributed by atoms with Gasteiger partial charge in [-0.05, 0) is 60.9 Å². The SMILES string of the molecule is COc1ccc(S(=O)(=O)N(CC(C)C)C[C@@H](O)[C@H](Cc2ccccc2)NC(=O)O[C@H]2C[C@H]3CO[C@H]4OC2CC34C)cc1. The molecule has 2 aliphatic heterocycles. The summed E-state index contributed by atoms with van der Waals surface area (Å²) in [6, 6.07) is 14.8. The summed E-state index contributed by atoms with van der Waals surface area (Å²) in [4.78, 5) is 13.3. The molecule has 3 fully saturated rings. The van der Waals surface area contributed by atoms with Crippen molar-refractivity contribution in [2.24, 2.45) is 17.3 Å². The van der Waals surface area contributed by atoms with Crippen molar-refractivity contribution in [2.45, 2.75) is 75.6 Å². The molecule has 1 aliphatic carbocycles. The highest BCUT2D eigenvalue weighted by Gasteiger charge is 2.61. The first kappa shape index (κ1) is 30.7. The third-order valence-corrected chi connectivity index (χ3v) is 10.6. The highest BCUT2D eigenvalue weighted by atomic mass is 32.2. The number of hydrogen-bond acceptors (Lipinski definition) is 8. The van der Waals surface area contributed by atoms with Crippen LogP contribution in [0, 0.1) is 17.3 Å². The van der Waals surface area contributed by atoms with Crippen LogP contribution in [-0.4, -0.2) is 81.4 Å². The molecule has 2 bridgehead atoms. The molecule has 0 aromatic heterocycles. The number of amides is 1. The number of carbonyl (C=O) groups is 1. The van der Waals surface area contributed by atoms with Gasteiger partial charge in [0, 0.05) is 18.5 Å². The highest BCUT2D eigenvalue weighted by Crippen LogP contribution is 2.56.